The molecule has 0 spiro atoms. The summed E-state index contributed by atoms with van der Waals surface area (Å²) in [4.78, 5) is 3.96. The number of hydrogen-bond donors (Lipinski definition) is 2. The van der Waals surface area contributed by atoms with Crippen molar-refractivity contribution in [3.05, 3.63) is 15.5 Å². The molecule has 0 atom stereocenters. The van der Waals surface area contributed by atoms with E-state index in [1.165, 1.54) is 4.57 Å². The SMILES string of the molecule is Cc1nc(Cl)[n+](C=N)c(N)c1Br. The first-order chi connectivity index (χ1) is 5.57. The van der Waals surface area contributed by atoms with Crippen LogP contribution >= 0.6 is 27.5 Å². The van der Waals surface area contributed by atoms with Gasteiger partial charge in [0.25, 0.3) is 0 Å². The van der Waals surface area contributed by atoms with Gasteiger partial charge in [-0.1, -0.05) is 0 Å². The third kappa shape index (κ3) is 1.42. The van der Waals surface area contributed by atoms with Crippen molar-refractivity contribution in [2.75, 3.05) is 5.73 Å². The summed E-state index contributed by atoms with van der Waals surface area (Å²) < 4.78 is 1.94. The lowest BCUT2D eigenvalue weighted by Crippen LogP contribution is -2.39. The van der Waals surface area contributed by atoms with Crippen LogP contribution in [0.1, 0.15) is 5.69 Å². The molecule has 0 fully saturated rings. The maximum absolute atomic E-state index is 7.01. The smallest absolute Gasteiger partial charge is 0.309 e. The summed E-state index contributed by atoms with van der Waals surface area (Å²) in [5.41, 5.74) is 6.34. The predicted octanol–water partition coefficient (Wildman–Crippen LogP) is 1.13. The average molecular weight is 251 g/mol. The van der Waals surface area contributed by atoms with E-state index in [4.69, 9.17) is 22.7 Å². The highest BCUT2D eigenvalue weighted by Gasteiger charge is 2.14. The highest BCUT2D eigenvalue weighted by molar-refractivity contribution is 9.10. The van der Waals surface area contributed by atoms with E-state index in [0.717, 1.165) is 6.34 Å². The molecule has 1 rings (SSSR count). The lowest BCUT2D eigenvalue weighted by atomic mass is 10.4. The van der Waals surface area contributed by atoms with Gasteiger partial charge in [-0.2, -0.15) is 9.98 Å². The van der Waals surface area contributed by atoms with Crippen molar-refractivity contribution in [1.82, 2.24) is 4.98 Å². The first kappa shape index (κ1) is 9.41. The quantitative estimate of drug-likeness (QED) is 0.340. The fraction of sp³-hybridized carbons (Fsp3) is 0.167. The van der Waals surface area contributed by atoms with E-state index in [2.05, 4.69) is 20.9 Å². The third-order valence-corrected chi connectivity index (χ3v) is 2.64. The largest absolute Gasteiger partial charge is 0.333 e. The standard InChI is InChI=1S/C6H6BrClN4/c1-3-4(7)5(10)12(2-9)6(8)11-3/h2,9-10H,1H3/p+1. The number of aryl methyl sites for hydroxylation is 1. The van der Waals surface area contributed by atoms with Crippen LogP contribution in [-0.2, 0) is 0 Å². The molecule has 12 heavy (non-hydrogen) atoms. The number of nitrogen functional groups attached to an aromatic ring is 1. The topological polar surface area (TPSA) is 66.6 Å². The number of aromatic nitrogens is 2. The van der Waals surface area contributed by atoms with Crippen LogP contribution in [0.15, 0.2) is 4.47 Å². The highest BCUT2D eigenvalue weighted by Crippen LogP contribution is 2.19. The van der Waals surface area contributed by atoms with E-state index in [1.54, 1.807) is 6.92 Å². The van der Waals surface area contributed by atoms with E-state index in [9.17, 15) is 0 Å². The Morgan fingerprint density at radius 3 is 2.83 bits per heavy atom. The Bertz CT molecular complexity index is 339. The van der Waals surface area contributed by atoms with Crippen molar-refractivity contribution in [2.24, 2.45) is 0 Å². The Labute approximate surface area is 83.0 Å². The van der Waals surface area contributed by atoms with Gasteiger partial charge in [0.15, 0.2) is 6.34 Å². The molecule has 0 amide bonds. The Hall–Kier alpha value is -0.680. The van der Waals surface area contributed by atoms with Gasteiger partial charge in [-0.05, 0) is 34.5 Å². The molecule has 0 aliphatic heterocycles. The number of halogens is 2. The Morgan fingerprint density at radius 1 is 1.75 bits per heavy atom. The molecule has 1 aromatic rings. The summed E-state index contributed by atoms with van der Waals surface area (Å²) in [7, 11) is 0. The molecule has 0 aliphatic rings. The van der Waals surface area contributed by atoms with Gasteiger partial charge in [0.2, 0.25) is 5.82 Å². The van der Waals surface area contributed by atoms with Crippen LogP contribution in [0.5, 0.6) is 0 Å². The molecule has 6 heteroatoms. The molecule has 0 aromatic carbocycles. The van der Waals surface area contributed by atoms with E-state index < -0.39 is 0 Å². The number of anilines is 1. The van der Waals surface area contributed by atoms with Gasteiger partial charge in [0.05, 0.1) is 0 Å². The first-order valence-electron chi connectivity index (χ1n) is 3.11. The van der Waals surface area contributed by atoms with Crippen LogP contribution in [-0.4, -0.2) is 11.3 Å². The monoisotopic (exact) mass is 249 g/mol. The summed E-state index contributed by atoms with van der Waals surface area (Å²) in [6.07, 6.45) is 1.01. The lowest BCUT2D eigenvalue weighted by molar-refractivity contribution is -0.532. The van der Waals surface area contributed by atoms with Gasteiger partial charge in [0.1, 0.15) is 10.2 Å². The molecule has 0 aliphatic carbocycles. The van der Waals surface area contributed by atoms with Crippen LogP contribution < -0.4 is 10.3 Å². The zero-order valence-electron chi connectivity index (χ0n) is 6.31. The zero-order chi connectivity index (χ0) is 9.30. The molecule has 4 nitrogen and oxygen atoms in total. The third-order valence-electron chi connectivity index (χ3n) is 1.39. The van der Waals surface area contributed by atoms with Crippen LogP contribution in [0, 0.1) is 12.3 Å². The van der Waals surface area contributed by atoms with Gasteiger partial charge in [0, 0.05) is 0 Å². The van der Waals surface area contributed by atoms with Crippen molar-refractivity contribution in [2.45, 2.75) is 6.92 Å². The van der Waals surface area contributed by atoms with E-state index in [1.807, 2.05) is 0 Å². The zero-order valence-corrected chi connectivity index (χ0v) is 8.65. The summed E-state index contributed by atoms with van der Waals surface area (Å²) in [5.74, 6) is 0.377. The molecule has 0 bridgehead atoms. The summed E-state index contributed by atoms with van der Waals surface area (Å²) in [6.45, 7) is 1.78. The predicted molar refractivity (Wildman–Crippen MR) is 50.5 cm³/mol. The lowest BCUT2D eigenvalue weighted by Gasteiger charge is -2.02. The minimum Gasteiger partial charge on any atom is -0.333 e. The summed E-state index contributed by atoms with van der Waals surface area (Å²) >= 11 is 8.94. The maximum atomic E-state index is 7.01. The normalized spacial score (nSPS) is 9.92. The van der Waals surface area contributed by atoms with E-state index in [-0.39, 0.29) is 5.28 Å². The average Bonchev–Trinajstić information content (AvgIpc) is 2.01. The Morgan fingerprint density at radius 2 is 2.33 bits per heavy atom. The molecule has 64 valence electrons. The van der Waals surface area contributed by atoms with Crippen molar-refractivity contribution in [3.63, 3.8) is 0 Å². The second-order valence-electron chi connectivity index (χ2n) is 2.16. The fourth-order valence-corrected chi connectivity index (χ4v) is 1.30. The summed E-state index contributed by atoms with van der Waals surface area (Å²) in [5, 5.41) is 7.19. The van der Waals surface area contributed by atoms with Gasteiger partial charge in [-0.15, -0.1) is 4.98 Å². The van der Waals surface area contributed by atoms with Crippen LogP contribution in [0.25, 0.3) is 0 Å². The molecule has 1 heterocycles. The van der Waals surface area contributed by atoms with Gasteiger partial charge < -0.3 is 5.73 Å². The number of nitrogens with zero attached hydrogens (tertiary/aromatic N) is 2. The van der Waals surface area contributed by atoms with E-state index >= 15 is 0 Å². The number of nitrogens with one attached hydrogen (secondary N) is 1. The molecule has 0 saturated carbocycles. The molecule has 0 radical (unpaired) electrons. The second-order valence-corrected chi connectivity index (χ2v) is 3.30. The highest BCUT2D eigenvalue weighted by atomic mass is 79.9. The second kappa shape index (κ2) is 3.37. The van der Waals surface area contributed by atoms with Crippen LogP contribution in [0.2, 0.25) is 5.28 Å². The number of hydrogen-bond acceptors (Lipinski definition) is 3. The number of nitrogens with two attached hydrogens (primary N) is 1. The van der Waals surface area contributed by atoms with Crippen LogP contribution in [0.4, 0.5) is 5.82 Å². The van der Waals surface area contributed by atoms with Gasteiger partial charge in [-0.25, -0.2) is 0 Å². The van der Waals surface area contributed by atoms with Crippen LogP contribution in [0.3, 0.4) is 0 Å². The molecular formula is C6H7BrClN4+. The van der Waals surface area contributed by atoms with Gasteiger partial charge >= 0.3 is 5.28 Å². The first-order valence-corrected chi connectivity index (χ1v) is 4.28. The molecule has 0 unspecified atom stereocenters. The minimum atomic E-state index is 0.184. The van der Waals surface area contributed by atoms with Crippen molar-refractivity contribution in [1.29, 1.82) is 5.41 Å². The Balaban J connectivity index is 3.51. The minimum absolute atomic E-state index is 0.184. The maximum Gasteiger partial charge on any atom is 0.309 e. The molecule has 3 N–H and O–H groups in total. The van der Waals surface area contributed by atoms with Crippen molar-refractivity contribution >= 4 is 39.7 Å². The number of rotatable bonds is 1. The summed E-state index contributed by atoms with van der Waals surface area (Å²) in [6, 6.07) is 0. The van der Waals surface area contributed by atoms with Crippen molar-refractivity contribution < 1.29 is 4.57 Å². The molecule has 0 saturated heterocycles. The van der Waals surface area contributed by atoms with E-state index in [0.29, 0.717) is 16.0 Å². The fourth-order valence-electron chi connectivity index (χ4n) is 0.755. The molecule has 1 aromatic heterocycles. The van der Waals surface area contributed by atoms with Gasteiger partial charge in [-0.3, -0.25) is 0 Å². The molecular weight excluding hydrogens is 243 g/mol. The Kier molecular flexibility index (Phi) is 2.64. The van der Waals surface area contributed by atoms with Crippen molar-refractivity contribution in [3.8, 4) is 0 Å².